The monoisotopic (exact) mass is 274 g/mol. The van der Waals surface area contributed by atoms with Gasteiger partial charge < -0.3 is 10.2 Å². The molecule has 104 valence electrons. The van der Waals surface area contributed by atoms with Crippen LogP contribution in [0.25, 0.3) is 0 Å². The van der Waals surface area contributed by atoms with Gasteiger partial charge in [-0.3, -0.25) is 0 Å². The normalized spacial score (nSPS) is 10.1. The number of hydrazine groups is 2. The van der Waals surface area contributed by atoms with Crippen LogP contribution >= 0.6 is 0 Å². The molecule has 6 N–H and O–H groups in total. The highest BCUT2D eigenvalue weighted by Crippen LogP contribution is 2.20. The Labute approximate surface area is 115 Å². The quantitative estimate of drug-likeness (QED) is 0.374. The van der Waals surface area contributed by atoms with E-state index in [9.17, 15) is 15.0 Å². The maximum Gasteiger partial charge on any atom is 0.357 e. The summed E-state index contributed by atoms with van der Waals surface area (Å²) in [4.78, 5) is 12.1. The van der Waals surface area contributed by atoms with Crippen LogP contribution < -0.4 is 21.7 Å². The van der Waals surface area contributed by atoms with E-state index in [0.717, 1.165) is 10.0 Å². The number of aromatic hydroxyl groups is 2. The number of phenolic OH excluding ortho intramolecular Hbond substituents is 2. The standard InChI is InChI=1S/C13H14N4O3/c14-16(9-1-5-11(18)6-2-9)13(20)17(15)10-3-7-12(19)8-4-10/h1-8,18-19H,14-15H2. The largest absolute Gasteiger partial charge is 0.508 e. The summed E-state index contributed by atoms with van der Waals surface area (Å²) in [7, 11) is 0. The van der Waals surface area contributed by atoms with Crippen LogP contribution in [0.5, 0.6) is 11.5 Å². The summed E-state index contributed by atoms with van der Waals surface area (Å²) in [5.74, 6) is 11.5. The Morgan fingerprint density at radius 2 is 1.05 bits per heavy atom. The van der Waals surface area contributed by atoms with E-state index in [1.807, 2.05) is 0 Å². The zero-order valence-corrected chi connectivity index (χ0v) is 10.5. The molecular formula is C13H14N4O3. The number of nitrogens with two attached hydrogens (primary N) is 2. The highest BCUT2D eigenvalue weighted by Gasteiger charge is 2.18. The van der Waals surface area contributed by atoms with Gasteiger partial charge in [-0.1, -0.05) is 0 Å². The first kappa shape index (κ1) is 13.7. The van der Waals surface area contributed by atoms with Crippen molar-refractivity contribution in [3.8, 4) is 11.5 Å². The molecule has 7 nitrogen and oxygen atoms in total. The second-order valence-corrected chi connectivity index (χ2v) is 4.06. The predicted octanol–water partition coefficient (Wildman–Crippen LogP) is 1.28. The molecule has 0 fully saturated rings. The van der Waals surface area contributed by atoms with Crippen LogP contribution in [0.15, 0.2) is 48.5 Å². The van der Waals surface area contributed by atoms with Gasteiger partial charge in [0.15, 0.2) is 0 Å². The molecule has 20 heavy (non-hydrogen) atoms. The molecule has 0 radical (unpaired) electrons. The van der Waals surface area contributed by atoms with Crippen molar-refractivity contribution in [1.29, 1.82) is 0 Å². The van der Waals surface area contributed by atoms with E-state index in [1.165, 1.54) is 48.5 Å². The van der Waals surface area contributed by atoms with Crippen molar-refractivity contribution < 1.29 is 15.0 Å². The molecule has 2 aromatic carbocycles. The second kappa shape index (κ2) is 5.47. The lowest BCUT2D eigenvalue weighted by Gasteiger charge is -2.23. The van der Waals surface area contributed by atoms with Gasteiger partial charge in [-0.15, -0.1) is 0 Å². The zero-order valence-electron chi connectivity index (χ0n) is 10.5. The molecule has 2 amide bonds. The van der Waals surface area contributed by atoms with E-state index in [0.29, 0.717) is 11.4 Å². The van der Waals surface area contributed by atoms with Crippen LogP contribution in [-0.4, -0.2) is 16.2 Å². The molecule has 0 bridgehead atoms. The number of amides is 2. The van der Waals surface area contributed by atoms with Crippen LogP contribution in [0.1, 0.15) is 0 Å². The number of phenols is 2. The van der Waals surface area contributed by atoms with Crippen LogP contribution in [0, 0.1) is 0 Å². The van der Waals surface area contributed by atoms with Crippen molar-refractivity contribution in [2.45, 2.75) is 0 Å². The molecule has 0 aliphatic heterocycles. The van der Waals surface area contributed by atoms with Gasteiger partial charge in [-0.2, -0.15) is 0 Å². The van der Waals surface area contributed by atoms with Crippen molar-refractivity contribution in [1.82, 2.24) is 0 Å². The van der Waals surface area contributed by atoms with Gasteiger partial charge in [0.2, 0.25) is 0 Å². The fourth-order valence-electron chi connectivity index (χ4n) is 1.56. The minimum atomic E-state index is -0.665. The Morgan fingerprint density at radius 3 is 1.35 bits per heavy atom. The highest BCUT2D eigenvalue weighted by molar-refractivity contribution is 6.01. The van der Waals surface area contributed by atoms with Crippen molar-refractivity contribution in [3.05, 3.63) is 48.5 Å². The van der Waals surface area contributed by atoms with Crippen LogP contribution in [0.3, 0.4) is 0 Å². The van der Waals surface area contributed by atoms with E-state index in [2.05, 4.69) is 0 Å². The first-order chi connectivity index (χ1) is 9.49. The van der Waals surface area contributed by atoms with Gasteiger partial charge in [0.05, 0.1) is 11.4 Å². The molecule has 0 spiro atoms. The first-order valence-electron chi connectivity index (χ1n) is 5.70. The first-order valence-corrected chi connectivity index (χ1v) is 5.70. The maximum absolute atomic E-state index is 12.1. The third-order valence-electron chi connectivity index (χ3n) is 2.67. The van der Waals surface area contributed by atoms with Gasteiger partial charge in [-0.25, -0.2) is 26.5 Å². The van der Waals surface area contributed by atoms with E-state index in [4.69, 9.17) is 11.7 Å². The Kier molecular flexibility index (Phi) is 3.74. The Morgan fingerprint density at radius 1 is 0.750 bits per heavy atom. The lowest BCUT2D eigenvalue weighted by molar-refractivity contribution is 0.251. The SMILES string of the molecule is NN(C(=O)N(N)c1ccc(O)cc1)c1ccc(O)cc1. The number of rotatable bonds is 2. The predicted molar refractivity (Wildman–Crippen MR) is 74.9 cm³/mol. The summed E-state index contributed by atoms with van der Waals surface area (Å²) in [6, 6.07) is 10.9. The highest BCUT2D eigenvalue weighted by atomic mass is 16.3. The van der Waals surface area contributed by atoms with E-state index < -0.39 is 6.03 Å². The molecule has 0 heterocycles. The lowest BCUT2D eigenvalue weighted by Crippen LogP contribution is -2.50. The maximum atomic E-state index is 12.1. The van der Waals surface area contributed by atoms with Crippen molar-refractivity contribution in [2.24, 2.45) is 11.7 Å². The van der Waals surface area contributed by atoms with Crippen LogP contribution in [-0.2, 0) is 0 Å². The molecule has 0 aliphatic rings. The van der Waals surface area contributed by atoms with Crippen LogP contribution in [0.2, 0.25) is 0 Å². The molecule has 0 saturated heterocycles. The Balaban J connectivity index is 2.17. The summed E-state index contributed by atoms with van der Waals surface area (Å²) < 4.78 is 0. The molecule has 0 aliphatic carbocycles. The van der Waals surface area contributed by atoms with Crippen LogP contribution in [0.4, 0.5) is 16.2 Å². The zero-order chi connectivity index (χ0) is 14.7. The number of hydrogen-bond acceptors (Lipinski definition) is 5. The fraction of sp³-hybridized carbons (Fsp3) is 0. The molecule has 7 heteroatoms. The van der Waals surface area contributed by atoms with E-state index in [1.54, 1.807) is 0 Å². The molecule has 2 rings (SSSR count). The molecular weight excluding hydrogens is 260 g/mol. The lowest BCUT2D eigenvalue weighted by atomic mass is 10.3. The van der Waals surface area contributed by atoms with Gasteiger partial charge in [0.25, 0.3) is 0 Å². The van der Waals surface area contributed by atoms with Crippen molar-refractivity contribution >= 4 is 17.4 Å². The average molecular weight is 274 g/mol. The smallest absolute Gasteiger partial charge is 0.357 e. The topological polar surface area (TPSA) is 116 Å². The second-order valence-electron chi connectivity index (χ2n) is 4.06. The van der Waals surface area contributed by atoms with Gasteiger partial charge in [0, 0.05) is 0 Å². The minimum Gasteiger partial charge on any atom is -0.508 e. The average Bonchev–Trinajstić information content (AvgIpc) is 2.46. The van der Waals surface area contributed by atoms with Crippen molar-refractivity contribution in [2.75, 3.05) is 10.0 Å². The summed E-state index contributed by atoms with van der Waals surface area (Å²) in [6.45, 7) is 0. The molecule has 0 atom stereocenters. The molecule has 0 unspecified atom stereocenters. The summed E-state index contributed by atoms with van der Waals surface area (Å²) in [5, 5.41) is 20.1. The van der Waals surface area contributed by atoms with Crippen molar-refractivity contribution in [3.63, 3.8) is 0 Å². The van der Waals surface area contributed by atoms with E-state index >= 15 is 0 Å². The van der Waals surface area contributed by atoms with E-state index in [-0.39, 0.29) is 11.5 Å². The summed E-state index contributed by atoms with van der Waals surface area (Å²) in [5.41, 5.74) is 0.754. The van der Waals surface area contributed by atoms with Gasteiger partial charge in [0.1, 0.15) is 11.5 Å². The fourth-order valence-corrected chi connectivity index (χ4v) is 1.56. The van der Waals surface area contributed by atoms with Gasteiger partial charge in [-0.05, 0) is 48.5 Å². The molecule has 0 saturated carbocycles. The molecule has 2 aromatic rings. The number of hydrogen-bond donors (Lipinski definition) is 4. The minimum absolute atomic E-state index is 0.0674. The Bertz CT molecular complexity index is 545. The number of carbonyl (C=O) groups is 1. The number of nitrogens with zero attached hydrogens (tertiary/aromatic N) is 2. The number of anilines is 2. The van der Waals surface area contributed by atoms with Gasteiger partial charge >= 0.3 is 6.03 Å². The summed E-state index contributed by atoms with van der Waals surface area (Å²) in [6.07, 6.45) is 0. The number of benzene rings is 2. The Hall–Kier alpha value is -2.77. The third-order valence-corrected chi connectivity index (χ3v) is 2.67. The number of carbonyl (C=O) groups excluding carboxylic acids is 1. The number of urea groups is 1. The summed E-state index contributed by atoms with van der Waals surface area (Å²) >= 11 is 0. The molecule has 0 aromatic heterocycles. The third kappa shape index (κ3) is 2.79.